The Kier molecular flexibility index (Phi) is 4.62. The van der Waals surface area contributed by atoms with E-state index in [0.29, 0.717) is 10.2 Å². The fourth-order valence-electron chi connectivity index (χ4n) is 1.54. The van der Waals surface area contributed by atoms with E-state index < -0.39 is 0 Å². The number of hydrogen-bond donors (Lipinski definition) is 0. The zero-order valence-electron chi connectivity index (χ0n) is 11.9. The van der Waals surface area contributed by atoms with Gasteiger partial charge in [-0.15, -0.1) is 0 Å². The minimum Gasteiger partial charge on any atom is -0.225 e. The van der Waals surface area contributed by atoms with E-state index in [9.17, 15) is 0 Å². The van der Waals surface area contributed by atoms with Gasteiger partial charge in [0.05, 0.1) is 5.02 Å². The number of benzene rings is 1. The van der Waals surface area contributed by atoms with E-state index in [1.54, 1.807) is 0 Å². The minimum atomic E-state index is -0.146. The second-order valence-corrected chi connectivity index (χ2v) is 7.35. The van der Waals surface area contributed by atoms with Crippen molar-refractivity contribution in [2.75, 3.05) is 0 Å². The largest absolute Gasteiger partial charge is 0.225 e. The van der Waals surface area contributed by atoms with Gasteiger partial charge in [-0.25, -0.2) is 9.97 Å². The van der Waals surface area contributed by atoms with E-state index in [4.69, 9.17) is 23.2 Å². The molecule has 2 nitrogen and oxygen atoms in total. The molecule has 1 aromatic heterocycles. The number of halogens is 2. The summed E-state index contributed by atoms with van der Waals surface area (Å²) in [4.78, 5) is 9.99. The molecule has 0 unspecified atom stereocenters. The number of rotatable bonds is 2. The Hall–Kier alpha value is -0.770. The normalized spacial score (nSPS) is 11.7. The van der Waals surface area contributed by atoms with E-state index in [0.717, 1.165) is 21.3 Å². The SMILES string of the molecule is Cc1c(Cl)nc(C(C)(C)C)nc1Sc1ccccc1Cl. The predicted octanol–water partition coefficient (Wildman–Crippen LogP) is 5.54. The van der Waals surface area contributed by atoms with Crippen molar-refractivity contribution in [1.29, 1.82) is 0 Å². The van der Waals surface area contributed by atoms with Gasteiger partial charge in [0.2, 0.25) is 0 Å². The van der Waals surface area contributed by atoms with E-state index in [1.165, 1.54) is 11.8 Å². The van der Waals surface area contributed by atoms with Crippen LogP contribution in [0.4, 0.5) is 0 Å². The molecule has 0 aliphatic rings. The first-order valence-corrected chi connectivity index (χ1v) is 7.83. The average molecular weight is 327 g/mol. The molecule has 1 heterocycles. The lowest BCUT2D eigenvalue weighted by Crippen LogP contribution is -2.17. The summed E-state index contributed by atoms with van der Waals surface area (Å²) < 4.78 is 0. The highest BCUT2D eigenvalue weighted by Crippen LogP contribution is 2.36. The standard InChI is InChI=1S/C15H16Cl2N2S/c1-9-12(17)18-14(15(2,3)4)19-13(9)20-11-8-6-5-7-10(11)16/h5-8H,1-4H3. The van der Waals surface area contributed by atoms with Gasteiger partial charge in [0.1, 0.15) is 16.0 Å². The van der Waals surface area contributed by atoms with Crippen LogP contribution in [0, 0.1) is 6.92 Å². The van der Waals surface area contributed by atoms with Crippen LogP contribution in [0.1, 0.15) is 32.2 Å². The van der Waals surface area contributed by atoms with Gasteiger partial charge in [-0.05, 0) is 19.1 Å². The van der Waals surface area contributed by atoms with Crippen molar-refractivity contribution < 1.29 is 0 Å². The van der Waals surface area contributed by atoms with Gasteiger partial charge in [-0.3, -0.25) is 0 Å². The molecule has 5 heteroatoms. The fraction of sp³-hybridized carbons (Fsp3) is 0.333. The maximum Gasteiger partial charge on any atom is 0.136 e. The third-order valence-corrected chi connectivity index (χ3v) is 4.73. The summed E-state index contributed by atoms with van der Waals surface area (Å²) in [6, 6.07) is 7.70. The van der Waals surface area contributed by atoms with Gasteiger partial charge in [-0.2, -0.15) is 0 Å². The van der Waals surface area contributed by atoms with Crippen molar-refractivity contribution in [2.24, 2.45) is 0 Å². The molecule has 1 aromatic carbocycles. The van der Waals surface area contributed by atoms with Crippen LogP contribution >= 0.6 is 35.0 Å². The van der Waals surface area contributed by atoms with Crippen molar-refractivity contribution in [1.82, 2.24) is 9.97 Å². The van der Waals surface area contributed by atoms with Crippen LogP contribution in [0.15, 0.2) is 34.2 Å². The summed E-state index contributed by atoms with van der Waals surface area (Å²) in [7, 11) is 0. The van der Waals surface area contributed by atoms with Crippen LogP contribution in [-0.4, -0.2) is 9.97 Å². The highest BCUT2D eigenvalue weighted by atomic mass is 35.5. The quantitative estimate of drug-likeness (QED) is 0.677. The number of nitrogens with zero attached hydrogens (tertiary/aromatic N) is 2. The Labute approximate surface area is 133 Å². The molecule has 0 radical (unpaired) electrons. The molecule has 0 aliphatic carbocycles. The van der Waals surface area contributed by atoms with Crippen molar-refractivity contribution in [3.05, 3.63) is 45.8 Å². The summed E-state index contributed by atoms with van der Waals surface area (Å²) in [5, 5.41) is 2.06. The van der Waals surface area contributed by atoms with Gasteiger partial charge in [-0.1, -0.05) is 67.9 Å². The first-order valence-electron chi connectivity index (χ1n) is 6.26. The lowest BCUT2D eigenvalue weighted by molar-refractivity contribution is 0.537. The molecular formula is C15H16Cl2N2S. The Morgan fingerprint density at radius 1 is 1.05 bits per heavy atom. The third-order valence-electron chi connectivity index (χ3n) is 2.76. The molecule has 20 heavy (non-hydrogen) atoms. The minimum absolute atomic E-state index is 0.146. The summed E-state index contributed by atoms with van der Waals surface area (Å²) in [6.45, 7) is 8.13. The summed E-state index contributed by atoms with van der Waals surface area (Å²) in [5.41, 5.74) is 0.734. The van der Waals surface area contributed by atoms with Crippen LogP contribution in [0.25, 0.3) is 0 Å². The van der Waals surface area contributed by atoms with Gasteiger partial charge in [0.25, 0.3) is 0 Å². The molecule has 0 fully saturated rings. The van der Waals surface area contributed by atoms with E-state index in [2.05, 4.69) is 30.7 Å². The Morgan fingerprint density at radius 3 is 2.30 bits per heavy atom. The molecule has 0 saturated carbocycles. The second kappa shape index (κ2) is 5.92. The summed E-state index contributed by atoms with van der Waals surface area (Å²) in [6.07, 6.45) is 0. The topological polar surface area (TPSA) is 25.8 Å². The molecular weight excluding hydrogens is 311 g/mol. The zero-order chi connectivity index (χ0) is 14.9. The van der Waals surface area contributed by atoms with E-state index in [1.807, 2.05) is 31.2 Å². The molecule has 0 amide bonds. The zero-order valence-corrected chi connectivity index (χ0v) is 14.2. The Bertz CT molecular complexity index is 636. The van der Waals surface area contributed by atoms with Crippen LogP contribution in [0.2, 0.25) is 10.2 Å². The number of hydrogen-bond acceptors (Lipinski definition) is 3. The van der Waals surface area contributed by atoms with Gasteiger partial charge in [0.15, 0.2) is 0 Å². The first-order chi connectivity index (χ1) is 9.29. The van der Waals surface area contributed by atoms with E-state index >= 15 is 0 Å². The van der Waals surface area contributed by atoms with Crippen molar-refractivity contribution >= 4 is 35.0 Å². The molecule has 0 aliphatic heterocycles. The predicted molar refractivity (Wildman–Crippen MR) is 86.1 cm³/mol. The molecule has 2 rings (SSSR count). The van der Waals surface area contributed by atoms with Crippen LogP contribution in [0.5, 0.6) is 0 Å². The highest BCUT2D eigenvalue weighted by Gasteiger charge is 2.21. The van der Waals surface area contributed by atoms with Crippen LogP contribution in [-0.2, 0) is 5.41 Å². The Balaban J connectivity index is 2.46. The van der Waals surface area contributed by atoms with Crippen molar-refractivity contribution in [2.45, 2.75) is 43.0 Å². The lowest BCUT2D eigenvalue weighted by Gasteiger charge is -2.18. The first kappa shape index (κ1) is 15.6. The maximum absolute atomic E-state index is 6.23. The molecule has 0 bridgehead atoms. The van der Waals surface area contributed by atoms with Crippen molar-refractivity contribution in [3.63, 3.8) is 0 Å². The molecule has 0 N–H and O–H groups in total. The monoisotopic (exact) mass is 326 g/mol. The number of aromatic nitrogens is 2. The van der Waals surface area contributed by atoms with E-state index in [-0.39, 0.29) is 5.41 Å². The molecule has 0 atom stereocenters. The summed E-state index contributed by atoms with van der Waals surface area (Å²) >= 11 is 14.0. The average Bonchev–Trinajstić information content (AvgIpc) is 2.36. The van der Waals surface area contributed by atoms with Crippen LogP contribution < -0.4 is 0 Å². The smallest absolute Gasteiger partial charge is 0.136 e. The Morgan fingerprint density at radius 2 is 1.70 bits per heavy atom. The van der Waals surface area contributed by atoms with Crippen molar-refractivity contribution in [3.8, 4) is 0 Å². The highest BCUT2D eigenvalue weighted by molar-refractivity contribution is 7.99. The van der Waals surface area contributed by atoms with Crippen LogP contribution in [0.3, 0.4) is 0 Å². The maximum atomic E-state index is 6.23. The third kappa shape index (κ3) is 3.46. The summed E-state index contributed by atoms with van der Waals surface area (Å²) in [5.74, 6) is 0.739. The van der Waals surface area contributed by atoms with Gasteiger partial charge in [0, 0.05) is 15.9 Å². The molecule has 106 valence electrons. The fourth-order valence-corrected chi connectivity index (χ4v) is 2.92. The second-order valence-electron chi connectivity index (χ2n) is 5.55. The molecule has 0 spiro atoms. The van der Waals surface area contributed by atoms with Gasteiger partial charge < -0.3 is 0 Å². The molecule has 2 aromatic rings. The lowest BCUT2D eigenvalue weighted by atomic mass is 9.96. The van der Waals surface area contributed by atoms with Gasteiger partial charge >= 0.3 is 0 Å². The molecule has 0 saturated heterocycles.